The lowest BCUT2D eigenvalue weighted by Gasteiger charge is -2.33. The van der Waals surface area contributed by atoms with Crippen LogP contribution in [0.4, 0.5) is 11.6 Å². The van der Waals surface area contributed by atoms with Crippen molar-refractivity contribution in [1.82, 2.24) is 4.98 Å². The van der Waals surface area contributed by atoms with E-state index >= 15 is 0 Å². The van der Waals surface area contributed by atoms with Crippen molar-refractivity contribution in [3.63, 3.8) is 0 Å². The number of aromatic nitrogens is 1. The molecule has 1 amide bonds. The number of hydrogen-bond acceptors (Lipinski definition) is 8. The maximum atomic E-state index is 12.6. The van der Waals surface area contributed by atoms with Crippen molar-refractivity contribution in [2.24, 2.45) is 0 Å². The number of fused-ring (bicyclic) bond motifs is 1. The van der Waals surface area contributed by atoms with Gasteiger partial charge < -0.3 is 24.3 Å². The summed E-state index contributed by atoms with van der Waals surface area (Å²) in [5.74, 6) is -1.45. The van der Waals surface area contributed by atoms with Gasteiger partial charge in [-0.25, -0.2) is 4.79 Å². The maximum Gasteiger partial charge on any atom is 0.366 e. The normalized spacial score (nSPS) is 17.3. The molecule has 0 N–H and O–H groups in total. The van der Waals surface area contributed by atoms with Crippen molar-refractivity contribution in [1.29, 1.82) is 0 Å². The van der Waals surface area contributed by atoms with Gasteiger partial charge in [0.1, 0.15) is 12.6 Å². The first-order valence-corrected chi connectivity index (χ1v) is 8.30. The van der Waals surface area contributed by atoms with Gasteiger partial charge in [-0.3, -0.25) is 9.69 Å². The third-order valence-electron chi connectivity index (χ3n) is 3.78. The number of nitro groups is 1. The summed E-state index contributed by atoms with van der Waals surface area (Å²) in [4.78, 5) is 40.4. The molecule has 10 nitrogen and oxygen atoms in total. The summed E-state index contributed by atoms with van der Waals surface area (Å²) in [7, 11) is 0. The largest absolute Gasteiger partial charge is 0.475 e. The van der Waals surface area contributed by atoms with Gasteiger partial charge in [-0.2, -0.15) is 0 Å². The zero-order valence-corrected chi connectivity index (χ0v) is 14.8. The van der Waals surface area contributed by atoms with Crippen LogP contribution in [0.1, 0.15) is 27.2 Å². The third-order valence-corrected chi connectivity index (χ3v) is 3.78. The lowest BCUT2D eigenvalue weighted by molar-refractivity contribution is -0.389. The fraction of sp³-hybridized carbons (Fsp3) is 0.562. The Morgan fingerprint density at radius 2 is 2.15 bits per heavy atom. The van der Waals surface area contributed by atoms with Crippen molar-refractivity contribution in [3.8, 4) is 5.75 Å². The van der Waals surface area contributed by atoms with E-state index in [2.05, 4.69) is 4.98 Å². The van der Waals surface area contributed by atoms with Crippen molar-refractivity contribution in [2.75, 3.05) is 24.7 Å². The smallest absolute Gasteiger partial charge is 0.366 e. The van der Waals surface area contributed by atoms with Crippen LogP contribution in [0.15, 0.2) is 12.1 Å². The zero-order valence-electron chi connectivity index (χ0n) is 14.8. The fourth-order valence-electron chi connectivity index (χ4n) is 2.53. The molecule has 0 saturated heterocycles. The van der Waals surface area contributed by atoms with E-state index in [0.717, 1.165) is 4.90 Å². The first kappa shape index (κ1) is 19.6. The third kappa shape index (κ3) is 4.07. The Hall–Kier alpha value is -2.75. The molecule has 0 spiro atoms. The second-order valence-corrected chi connectivity index (χ2v) is 5.51. The zero-order chi connectivity index (χ0) is 19.3. The Balaban J connectivity index is 2.32. The van der Waals surface area contributed by atoms with E-state index in [1.54, 1.807) is 6.92 Å². The van der Waals surface area contributed by atoms with Crippen molar-refractivity contribution in [3.05, 3.63) is 22.2 Å². The highest BCUT2D eigenvalue weighted by atomic mass is 16.6. The molecule has 1 aliphatic heterocycles. The minimum Gasteiger partial charge on any atom is -0.475 e. The molecule has 0 saturated carbocycles. The van der Waals surface area contributed by atoms with Crippen LogP contribution < -0.4 is 9.64 Å². The SMILES string of the molecule is CCOCCOC(=O)C(CC)N1C(=O)C(C)Oc2ccc([N+](=O)[O-])nc21. The average molecular weight is 367 g/mol. The molecule has 2 unspecified atom stereocenters. The van der Waals surface area contributed by atoms with Crippen LogP contribution in [0.3, 0.4) is 0 Å². The molecule has 1 aliphatic rings. The quantitative estimate of drug-likeness (QED) is 0.293. The topological polar surface area (TPSA) is 121 Å². The van der Waals surface area contributed by atoms with E-state index in [9.17, 15) is 19.7 Å². The predicted molar refractivity (Wildman–Crippen MR) is 90.0 cm³/mol. The molecule has 1 aromatic heterocycles. The van der Waals surface area contributed by atoms with Crippen LogP contribution in [0, 0.1) is 10.1 Å². The second-order valence-electron chi connectivity index (χ2n) is 5.51. The minimum atomic E-state index is -0.969. The molecule has 142 valence electrons. The fourth-order valence-corrected chi connectivity index (χ4v) is 2.53. The molecule has 0 aromatic carbocycles. The number of carbonyl (C=O) groups excluding carboxylic acids is 2. The lowest BCUT2D eigenvalue weighted by Crippen LogP contribution is -2.53. The summed E-state index contributed by atoms with van der Waals surface area (Å²) in [5.41, 5.74) is 0. The molecular weight excluding hydrogens is 346 g/mol. The van der Waals surface area contributed by atoms with E-state index < -0.39 is 34.8 Å². The monoisotopic (exact) mass is 367 g/mol. The van der Waals surface area contributed by atoms with Gasteiger partial charge in [0, 0.05) is 12.7 Å². The van der Waals surface area contributed by atoms with Gasteiger partial charge in [0.2, 0.25) is 0 Å². The van der Waals surface area contributed by atoms with Crippen molar-refractivity contribution in [2.45, 2.75) is 39.3 Å². The Bertz CT molecular complexity index is 694. The van der Waals surface area contributed by atoms with E-state index in [-0.39, 0.29) is 31.2 Å². The summed E-state index contributed by atoms with van der Waals surface area (Å²) in [6.07, 6.45) is -0.605. The Labute approximate surface area is 150 Å². The van der Waals surface area contributed by atoms with Gasteiger partial charge in [0.15, 0.2) is 11.9 Å². The molecule has 1 aromatic rings. The van der Waals surface area contributed by atoms with E-state index in [1.165, 1.54) is 19.1 Å². The number of amides is 1. The molecule has 2 atom stereocenters. The van der Waals surface area contributed by atoms with Gasteiger partial charge in [-0.1, -0.05) is 6.92 Å². The highest BCUT2D eigenvalue weighted by Gasteiger charge is 2.43. The highest BCUT2D eigenvalue weighted by molar-refractivity contribution is 6.03. The van der Waals surface area contributed by atoms with Crippen LogP contribution in [-0.2, 0) is 19.1 Å². The highest BCUT2D eigenvalue weighted by Crippen LogP contribution is 2.36. The summed E-state index contributed by atoms with van der Waals surface area (Å²) < 4.78 is 15.7. The van der Waals surface area contributed by atoms with Gasteiger partial charge in [0.05, 0.1) is 6.61 Å². The number of rotatable bonds is 8. The van der Waals surface area contributed by atoms with Crippen molar-refractivity contribution < 1.29 is 28.7 Å². The summed E-state index contributed by atoms with van der Waals surface area (Å²) >= 11 is 0. The first-order valence-electron chi connectivity index (χ1n) is 8.30. The first-order chi connectivity index (χ1) is 12.4. The molecule has 0 bridgehead atoms. The number of carbonyl (C=O) groups is 2. The summed E-state index contributed by atoms with van der Waals surface area (Å²) in [6, 6.07) is 1.58. The number of hydrogen-bond donors (Lipinski definition) is 0. The predicted octanol–water partition coefficient (Wildman–Crippen LogP) is 1.46. The number of ether oxygens (including phenoxy) is 3. The van der Waals surface area contributed by atoms with Gasteiger partial charge in [-0.15, -0.1) is 0 Å². The van der Waals surface area contributed by atoms with Crippen LogP contribution in [0.25, 0.3) is 0 Å². The molecule has 0 fully saturated rings. The molecule has 10 heteroatoms. The van der Waals surface area contributed by atoms with Gasteiger partial charge in [-0.05, 0) is 36.2 Å². The number of pyridine rings is 1. The van der Waals surface area contributed by atoms with Gasteiger partial charge >= 0.3 is 11.8 Å². The van der Waals surface area contributed by atoms with Crippen molar-refractivity contribution >= 4 is 23.5 Å². The molecule has 0 radical (unpaired) electrons. The van der Waals surface area contributed by atoms with Crippen LogP contribution in [0.5, 0.6) is 5.75 Å². The second kappa shape index (κ2) is 8.56. The molecule has 2 rings (SSSR count). The van der Waals surface area contributed by atoms with E-state index in [4.69, 9.17) is 14.2 Å². The summed E-state index contributed by atoms with van der Waals surface area (Å²) in [5, 5.41) is 11.0. The number of anilines is 1. The maximum absolute atomic E-state index is 12.6. The molecule has 26 heavy (non-hydrogen) atoms. The summed E-state index contributed by atoms with van der Waals surface area (Å²) in [6.45, 7) is 5.85. The van der Waals surface area contributed by atoms with E-state index in [0.29, 0.717) is 6.61 Å². The van der Waals surface area contributed by atoms with Crippen LogP contribution in [-0.4, -0.2) is 53.8 Å². The number of esters is 1. The Morgan fingerprint density at radius 1 is 1.42 bits per heavy atom. The van der Waals surface area contributed by atoms with Crippen LogP contribution in [0.2, 0.25) is 0 Å². The Morgan fingerprint density at radius 3 is 2.77 bits per heavy atom. The molecular formula is C16H21N3O7. The van der Waals surface area contributed by atoms with E-state index in [1.807, 2.05) is 6.92 Å². The number of nitrogens with zero attached hydrogens (tertiary/aromatic N) is 3. The van der Waals surface area contributed by atoms with Gasteiger partial charge in [0.25, 0.3) is 11.7 Å². The lowest BCUT2D eigenvalue weighted by atomic mass is 10.1. The average Bonchev–Trinajstić information content (AvgIpc) is 2.62. The Kier molecular flexibility index (Phi) is 6.45. The molecule has 2 heterocycles. The van der Waals surface area contributed by atoms with Crippen LogP contribution >= 0.6 is 0 Å². The minimum absolute atomic E-state index is 0.0481. The molecule has 0 aliphatic carbocycles. The standard InChI is InChI=1S/C16H21N3O7/c1-4-11(16(21)25-9-8-24-5-2)18-14-12(26-10(3)15(18)20)6-7-13(17-14)19(22)23/h6-7,10-11H,4-5,8-9H2,1-3H3.